The van der Waals surface area contributed by atoms with Crippen LogP contribution in [0.25, 0.3) is 0 Å². The Balaban J connectivity index is 2.10. The summed E-state index contributed by atoms with van der Waals surface area (Å²) in [6, 6.07) is 16.8. The molecule has 18 heavy (non-hydrogen) atoms. The van der Waals surface area contributed by atoms with Gasteiger partial charge in [-0.1, -0.05) is 42.5 Å². The lowest BCUT2D eigenvalue weighted by atomic mass is 9.84. The molecule has 1 nitrogen and oxygen atoms in total. The summed E-state index contributed by atoms with van der Waals surface area (Å²) in [7, 11) is 0. The zero-order valence-electron chi connectivity index (χ0n) is 10.1. The Hall–Kier alpha value is -1.67. The van der Waals surface area contributed by atoms with Gasteiger partial charge in [-0.3, -0.25) is 0 Å². The lowest BCUT2D eigenvalue weighted by molar-refractivity contribution is 0.0359. The van der Waals surface area contributed by atoms with E-state index in [-0.39, 0.29) is 5.82 Å². The average molecular weight is 242 g/mol. The van der Waals surface area contributed by atoms with Crippen LogP contribution < -0.4 is 0 Å². The van der Waals surface area contributed by atoms with Gasteiger partial charge in [0, 0.05) is 6.61 Å². The van der Waals surface area contributed by atoms with E-state index in [1.54, 1.807) is 0 Å². The quantitative estimate of drug-likeness (QED) is 0.776. The minimum absolute atomic E-state index is 0.208. The minimum Gasteiger partial charge on any atom is -0.366 e. The van der Waals surface area contributed by atoms with E-state index >= 15 is 0 Å². The third-order valence-electron chi connectivity index (χ3n) is 3.57. The maximum atomic E-state index is 13.1. The van der Waals surface area contributed by atoms with Crippen LogP contribution in [0.3, 0.4) is 0 Å². The summed E-state index contributed by atoms with van der Waals surface area (Å²) in [5, 5.41) is 0. The lowest BCUT2D eigenvalue weighted by Crippen LogP contribution is -2.26. The Kier molecular flexibility index (Phi) is 2.88. The SMILES string of the molecule is Fc1ccc([C@@]2(c3ccccc3)CCCO2)cc1. The Bertz CT molecular complexity index is 513. The maximum Gasteiger partial charge on any atom is 0.123 e. The highest BCUT2D eigenvalue weighted by molar-refractivity contribution is 5.37. The van der Waals surface area contributed by atoms with E-state index in [4.69, 9.17) is 4.74 Å². The van der Waals surface area contributed by atoms with Crippen molar-refractivity contribution >= 4 is 0 Å². The van der Waals surface area contributed by atoms with Gasteiger partial charge in [-0.15, -0.1) is 0 Å². The van der Waals surface area contributed by atoms with Crippen LogP contribution in [0, 0.1) is 5.82 Å². The third kappa shape index (κ3) is 1.83. The molecule has 0 N–H and O–H groups in total. The van der Waals surface area contributed by atoms with Crippen molar-refractivity contribution in [2.75, 3.05) is 6.61 Å². The molecule has 2 aromatic rings. The molecule has 0 amide bonds. The Morgan fingerprint density at radius 2 is 1.56 bits per heavy atom. The van der Waals surface area contributed by atoms with Crippen molar-refractivity contribution in [1.29, 1.82) is 0 Å². The summed E-state index contributed by atoms with van der Waals surface area (Å²) >= 11 is 0. The van der Waals surface area contributed by atoms with E-state index < -0.39 is 5.60 Å². The van der Waals surface area contributed by atoms with Crippen LogP contribution in [0.2, 0.25) is 0 Å². The number of halogens is 1. The fourth-order valence-electron chi connectivity index (χ4n) is 2.69. The second kappa shape index (κ2) is 4.54. The molecular weight excluding hydrogens is 227 g/mol. The monoisotopic (exact) mass is 242 g/mol. The summed E-state index contributed by atoms with van der Waals surface area (Å²) < 4.78 is 19.1. The van der Waals surface area contributed by atoms with Crippen LogP contribution in [0.5, 0.6) is 0 Å². The maximum absolute atomic E-state index is 13.1. The molecule has 0 aliphatic carbocycles. The average Bonchev–Trinajstić information content (AvgIpc) is 2.91. The Labute approximate surface area is 106 Å². The number of hydrogen-bond donors (Lipinski definition) is 0. The zero-order valence-corrected chi connectivity index (χ0v) is 10.1. The van der Waals surface area contributed by atoms with E-state index in [1.807, 2.05) is 30.3 Å². The van der Waals surface area contributed by atoms with Crippen LogP contribution in [-0.2, 0) is 10.3 Å². The molecule has 1 heterocycles. The predicted molar refractivity (Wildman–Crippen MR) is 68.8 cm³/mol. The molecule has 2 aromatic carbocycles. The van der Waals surface area contributed by atoms with Crippen LogP contribution in [-0.4, -0.2) is 6.61 Å². The summed E-state index contributed by atoms with van der Waals surface area (Å²) in [6.45, 7) is 0.756. The number of hydrogen-bond acceptors (Lipinski definition) is 1. The van der Waals surface area contributed by atoms with Crippen LogP contribution in [0.15, 0.2) is 54.6 Å². The molecule has 92 valence electrons. The minimum atomic E-state index is -0.394. The molecule has 0 saturated carbocycles. The molecule has 1 aliphatic rings. The lowest BCUT2D eigenvalue weighted by Gasteiger charge is -2.29. The van der Waals surface area contributed by atoms with Gasteiger partial charge in [0.05, 0.1) is 0 Å². The molecule has 1 aliphatic heterocycles. The van der Waals surface area contributed by atoms with Gasteiger partial charge in [0.1, 0.15) is 11.4 Å². The first-order valence-electron chi connectivity index (χ1n) is 6.27. The van der Waals surface area contributed by atoms with Crippen molar-refractivity contribution < 1.29 is 9.13 Å². The summed E-state index contributed by atoms with van der Waals surface area (Å²) in [6.07, 6.45) is 1.98. The van der Waals surface area contributed by atoms with Crippen LogP contribution >= 0.6 is 0 Å². The van der Waals surface area contributed by atoms with Gasteiger partial charge in [-0.25, -0.2) is 4.39 Å². The van der Waals surface area contributed by atoms with E-state index in [1.165, 1.54) is 12.1 Å². The van der Waals surface area contributed by atoms with Gasteiger partial charge in [0.25, 0.3) is 0 Å². The summed E-state index contributed by atoms with van der Waals surface area (Å²) in [5.41, 5.74) is 1.79. The number of rotatable bonds is 2. The molecule has 0 radical (unpaired) electrons. The molecule has 0 aromatic heterocycles. The van der Waals surface area contributed by atoms with Gasteiger partial charge < -0.3 is 4.74 Å². The second-order valence-corrected chi connectivity index (χ2v) is 4.65. The van der Waals surface area contributed by atoms with Crippen molar-refractivity contribution in [3.63, 3.8) is 0 Å². The van der Waals surface area contributed by atoms with Crippen LogP contribution in [0.4, 0.5) is 4.39 Å². The zero-order chi connectivity index (χ0) is 12.4. The van der Waals surface area contributed by atoms with Gasteiger partial charge in [-0.2, -0.15) is 0 Å². The standard InChI is InChI=1S/C16H15FO/c17-15-9-7-14(8-10-15)16(11-4-12-18-16)13-5-2-1-3-6-13/h1-3,5-10H,4,11-12H2/t16-/m0/s1. The molecule has 0 unspecified atom stereocenters. The highest BCUT2D eigenvalue weighted by Crippen LogP contribution is 2.42. The predicted octanol–water partition coefficient (Wildman–Crippen LogP) is 3.88. The first kappa shape index (κ1) is 11.4. The van der Waals surface area contributed by atoms with Crippen molar-refractivity contribution in [3.8, 4) is 0 Å². The molecule has 1 saturated heterocycles. The molecule has 2 heteroatoms. The van der Waals surface area contributed by atoms with E-state index in [9.17, 15) is 4.39 Å². The molecule has 0 spiro atoms. The Morgan fingerprint density at radius 3 is 2.17 bits per heavy atom. The van der Waals surface area contributed by atoms with E-state index in [0.717, 1.165) is 30.6 Å². The highest BCUT2D eigenvalue weighted by atomic mass is 19.1. The van der Waals surface area contributed by atoms with Crippen molar-refractivity contribution in [1.82, 2.24) is 0 Å². The fourth-order valence-corrected chi connectivity index (χ4v) is 2.69. The molecular formula is C16H15FO. The Morgan fingerprint density at radius 1 is 0.889 bits per heavy atom. The summed E-state index contributed by atoms with van der Waals surface area (Å²) in [4.78, 5) is 0. The fraction of sp³-hybridized carbons (Fsp3) is 0.250. The van der Waals surface area contributed by atoms with Crippen molar-refractivity contribution in [2.24, 2.45) is 0 Å². The van der Waals surface area contributed by atoms with Gasteiger partial charge >= 0.3 is 0 Å². The number of ether oxygens (including phenoxy) is 1. The van der Waals surface area contributed by atoms with Crippen LogP contribution in [0.1, 0.15) is 24.0 Å². The number of benzene rings is 2. The van der Waals surface area contributed by atoms with Gasteiger partial charge in [-0.05, 0) is 36.1 Å². The first-order valence-corrected chi connectivity index (χ1v) is 6.27. The first-order chi connectivity index (χ1) is 8.81. The van der Waals surface area contributed by atoms with Crippen molar-refractivity contribution in [3.05, 3.63) is 71.5 Å². The second-order valence-electron chi connectivity index (χ2n) is 4.65. The molecule has 3 rings (SSSR count). The molecule has 1 atom stereocenters. The highest BCUT2D eigenvalue weighted by Gasteiger charge is 2.38. The van der Waals surface area contributed by atoms with Gasteiger partial charge in [0.2, 0.25) is 0 Å². The topological polar surface area (TPSA) is 9.23 Å². The summed E-state index contributed by atoms with van der Waals surface area (Å²) in [5.74, 6) is -0.208. The van der Waals surface area contributed by atoms with E-state index in [0.29, 0.717) is 0 Å². The molecule has 1 fully saturated rings. The third-order valence-corrected chi connectivity index (χ3v) is 3.57. The van der Waals surface area contributed by atoms with Crippen molar-refractivity contribution in [2.45, 2.75) is 18.4 Å². The smallest absolute Gasteiger partial charge is 0.123 e. The van der Waals surface area contributed by atoms with E-state index in [2.05, 4.69) is 12.1 Å². The largest absolute Gasteiger partial charge is 0.366 e. The molecule has 0 bridgehead atoms. The van der Waals surface area contributed by atoms with Gasteiger partial charge in [0.15, 0.2) is 0 Å². The normalized spacial score (nSPS) is 23.2.